The number of hydrogen-bond donors (Lipinski definition) is 2. The number of hydrogen-bond acceptors (Lipinski definition) is 7. The quantitative estimate of drug-likeness (QED) is 0.249. The summed E-state index contributed by atoms with van der Waals surface area (Å²) in [7, 11) is 1.27. The molecule has 0 bridgehead atoms. The lowest BCUT2D eigenvalue weighted by molar-refractivity contribution is -0.122. The van der Waals surface area contributed by atoms with Gasteiger partial charge in [-0.15, -0.1) is 0 Å². The molecule has 4 rings (SSSR count). The molecule has 0 radical (unpaired) electrons. The lowest BCUT2D eigenvalue weighted by Crippen LogP contribution is -2.54. The second kappa shape index (κ2) is 9.12. The van der Waals surface area contributed by atoms with Crippen LogP contribution in [0.4, 0.5) is 5.69 Å². The molecule has 1 aliphatic rings. The minimum atomic E-state index is -1.17. The molecule has 2 heterocycles. The molecule has 170 valence electrons. The van der Waals surface area contributed by atoms with Crippen LogP contribution in [0.15, 0.2) is 70.7 Å². The maximum Gasteiger partial charge on any atom is 0.338 e. The summed E-state index contributed by atoms with van der Waals surface area (Å²) in [5.74, 6) is -2.68. The van der Waals surface area contributed by atoms with E-state index in [0.717, 1.165) is 4.90 Å². The van der Waals surface area contributed by atoms with Crippen molar-refractivity contribution < 1.29 is 33.4 Å². The maximum atomic E-state index is 13.2. The molecular formula is C24H16N2O7S. The summed E-state index contributed by atoms with van der Waals surface area (Å²) in [6.45, 7) is 0. The van der Waals surface area contributed by atoms with Crippen molar-refractivity contribution in [3.63, 3.8) is 0 Å². The number of nitrogens with one attached hydrogen (secondary N) is 1. The number of rotatable bonds is 5. The molecule has 2 amide bonds. The average molecular weight is 476 g/mol. The molecule has 10 heteroatoms. The standard InChI is InChI=1S/C24H16N2O7S/c1-32-23(31)17-8-3-2-7-16(17)19-10-9-15(33-19)12-18-20(27)25-24(34)26(21(18)28)14-6-4-5-13(11-14)22(29)30/h2-12H,1H3,(H,29,30)(H,25,27,34). The predicted octanol–water partition coefficient (Wildman–Crippen LogP) is 3.26. The second-order valence-corrected chi connectivity index (χ2v) is 7.44. The molecule has 1 saturated heterocycles. The first kappa shape index (κ1) is 22.6. The van der Waals surface area contributed by atoms with Crippen molar-refractivity contribution in [1.29, 1.82) is 0 Å². The van der Waals surface area contributed by atoms with Crippen LogP contribution in [0.25, 0.3) is 17.4 Å². The number of methoxy groups -OCH3 is 1. The van der Waals surface area contributed by atoms with Crippen LogP contribution in [0.1, 0.15) is 26.5 Å². The first-order valence-corrected chi connectivity index (χ1v) is 10.2. The molecule has 34 heavy (non-hydrogen) atoms. The number of amides is 2. The first-order chi connectivity index (χ1) is 16.3. The van der Waals surface area contributed by atoms with E-state index in [0.29, 0.717) is 16.9 Å². The number of furan rings is 1. The Bertz CT molecular complexity index is 1390. The summed E-state index contributed by atoms with van der Waals surface area (Å²) in [6.07, 6.45) is 1.25. The van der Waals surface area contributed by atoms with Crippen LogP contribution in [-0.4, -0.2) is 41.1 Å². The van der Waals surface area contributed by atoms with Crippen molar-refractivity contribution in [2.24, 2.45) is 0 Å². The Morgan fingerprint density at radius 2 is 1.85 bits per heavy atom. The number of carboxylic acid groups (broad SMARTS) is 1. The summed E-state index contributed by atoms with van der Waals surface area (Å²) < 4.78 is 10.6. The Kier molecular flexibility index (Phi) is 6.07. The fraction of sp³-hybridized carbons (Fsp3) is 0.0417. The molecular weight excluding hydrogens is 460 g/mol. The molecule has 9 nitrogen and oxygen atoms in total. The predicted molar refractivity (Wildman–Crippen MR) is 125 cm³/mol. The van der Waals surface area contributed by atoms with Gasteiger partial charge in [0.25, 0.3) is 11.8 Å². The van der Waals surface area contributed by atoms with Crippen LogP contribution in [0.3, 0.4) is 0 Å². The number of thiocarbonyl (C=S) groups is 1. The summed E-state index contributed by atoms with van der Waals surface area (Å²) in [5.41, 5.74) is 0.645. The highest BCUT2D eigenvalue weighted by molar-refractivity contribution is 7.80. The van der Waals surface area contributed by atoms with Crippen LogP contribution in [0.2, 0.25) is 0 Å². The third-order valence-corrected chi connectivity index (χ3v) is 5.25. The number of anilines is 1. The molecule has 0 atom stereocenters. The molecule has 0 spiro atoms. The number of aromatic carboxylic acids is 1. The summed E-state index contributed by atoms with van der Waals surface area (Å²) >= 11 is 5.14. The van der Waals surface area contributed by atoms with Crippen LogP contribution in [0.5, 0.6) is 0 Å². The molecule has 0 unspecified atom stereocenters. The van der Waals surface area contributed by atoms with Crippen LogP contribution >= 0.6 is 12.2 Å². The minimum Gasteiger partial charge on any atom is -0.478 e. The van der Waals surface area contributed by atoms with E-state index in [1.807, 2.05) is 0 Å². The Hall–Kier alpha value is -4.57. The lowest BCUT2D eigenvalue weighted by atomic mass is 10.1. The Labute approximate surface area is 198 Å². The third-order valence-electron chi connectivity index (χ3n) is 4.96. The van der Waals surface area contributed by atoms with Crippen molar-refractivity contribution in [3.05, 3.63) is 83.1 Å². The lowest BCUT2D eigenvalue weighted by Gasteiger charge is -2.28. The van der Waals surface area contributed by atoms with Gasteiger partial charge in [0.2, 0.25) is 0 Å². The molecule has 0 aliphatic carbocycles. The number of benzene rings is 2. The fourth-order valence-electron chi connectivity index (χ4n) is 3.37. The van der Waals surface area contributed by atoms with Crippen molar-refractivity contribution in [1.82, 2.24) is 5.32 Å². The molecule has 1 fully saturated rings. The van der Waals surface area contributed by atoms with Crippen LogP contribution in [-0.2, 0) is 14.3 Å². The van der Waals surface area contributed by atoms with Gasteiger partial charge in [-0.2, -0.15) is 0 Å². The highest BCUT2D eigenvalue weighted by Crippen LogP contribution is 2.28. The largest absolute Gasteiger partial charge is 0.478 e. The van der Waals surface area contributed by atoms with Gasteiger partial charge in [-0.3, -0.25) is 19.8 Å². The van der Waals surface area contributed by atoms with Crippen LogP contribution in [0, 0.1) is 0 Å². The van der Waals surface area contributed by atoms with Gasteiger partial charge in [-0.05, 0) is 54.7 Å². The monoisotopic (exact) mass is 476 g/mol. The first-order valence-electron chi connectivity index (χ1n) is 9.82. The third kappa shape index (κ3) is 4.21. The zero-order valence-electron chi connectivity index (χ0n) is 17.6. The Morgan fingerprint density at radius 1 is 1.09 bits per heavy atom. The average Bonchev–Trinajstić information content (AvgIpc) is 3.30. The summed E-state index contributed by atoms with van der Waals surface area (Å²) in [5, 5.41) is 11.5. The number of carbonyl (C=O) groups is 4. The molecule has 1 aliphatic heterocycles. The van der Waals surface area contributed by atoms with E-state index >= 15 is 0 Å². The molecule has 2 N–H and O–H groups in total. The van der Waals surface area contributed by atoms with Gasteiger partial charge in [-0.25, -0.2) is 9.59 Å². The van der Waals surface area contributed by atoms with Crippen molar-refractivity contribution in [2.45, 2.75) is 0 Å². The van der Waals surface area contributed by atoms with Gasteiger partial charge in [0.15, 0.2) is 5.11 Å². The fourth-order valence-corrected chi connectivity index (χ4v) is 3.65. The van der Waals surface area contributed by atoms with E-state index in [1.54, 1.807) is 36.4 Å². The highest BCUT2D eigenvalue weighted by atomic mass is 32.1. The van der Waals surface area contributed by atoms with Crippen LogP contribution < -0.4 is 10.2 Å². The number of carbonyl (C=O) groups excluding carboxylic acids is 3. The van der Waals surface area contributed by atoms with Gasteiger partial charge in [0, 0.05) is 5.56 Å². The molecule has 1 aromatic heterocycles. The van der Waals surface area contributed by atoms with E-state index < -0.39 is 23.8 Å². The van der Waals surface area contributed by atoms with E-state index in [9.17, 15) is 24.3 Å². The van der Waals surface area contributed by atoms with E-state index in [4.69, 9.17) is 21.4 Å². The van der Waals surface area contributed by atoms with Gasteiger partial charge < -0.3 is 14.3 Å². The Morgan fingerprint density at radius 3 is 2.59 bits per heavy atom. The molecule has 0 saturated carbocycles. The van der Waals surface area contributed by atoms with Crippen molar-refractivity contribution >= 4 is 52.8 Å². The van der Waals surface area contributed by atoms with Crippen molar-refractivity contribution in [2.75, 3.05) is 12.0 Å². The SMILES string of the molecule is COC(=O)c1ccccc1-c1ccc(C=C2C(=O)NC(=S)N(c3cccc(C(=O)O)c3)C2=O)o1. The van der Waals surface area contributed by atoms with Gasteiger partial charge >= 0.3 is 11.9 Å². The van der Waals surface area contributed by atoms with Gasteiger partial charge in [0.1, 0.15) is 17.1 Å². The topological polar surface area (TPSA) is 126 Å². The number of carboxylic acids is 1. The highest BCUT2D eigenvalue weighted by Gasteiger charge is 2.35. The summed E-state index contributed by atoms with van der Waals surface area (Å²) in [6, 6.07) is 15.4. The van der Waals surface area contributed by atoms with E-state index in [1.165, 1.54) is 37.5 Å². The van der Waals surface area contributed by atoms with E-state index in [2.05, 4.69) is 5.32 Å². The number of ether oxygens (including phenoxy) is 1. The smallest absolute Gasteiger partial charge is 0.338 e. The van der Waals surface area contributed by atoms with Gasteiger partial charge in [0.05, 0.1) is 23.9 Å². The summed E-state index contributed by atoms with van der Waals surface area (Å²) in [4.78, 5) is 50.1. The molecule has 3 aromatic rings. The zero-order valence-corrected chi connectivity index (χ0v) is 18.4. The zero-order chi connectivity index (χ0) is 24.4. The van der Waals surface area contributed by atoms with Crippen molar-refractivity contribution in [3.8, 4) is 11.3 Å². The second-order valence-electron chi connectivity index (χ2n) is 7.05. The van der Waals surface area contributed by atoms with E-state index in [-0.39, 0.29) is 27.7 Å². The minimum absolute atomic E-state index is 0.0459. The normalized spacial score (nSPS) is 14.8. The maximum absolute atomic E-state index is 13.2. The van der Waals surface area contributed by atoms with Gasteiger partial charge in [-0.1, -0.05) is 24.3 Å². The number of nitrogens with zero attached hydrogens (tertiary/aromatic N) is 1. The molecule has 2 aromatic carbocycles. The number of esters is 1. The Balaban J connectivity index is 1.70.